The summed E-state index contributed by atoms with van der Waals surface area (Å²) in [7, 11) is 0. The lowest BCUT2D eigenvalue weighted by Crippen LogP contribution is -2.58. The monoisotopic (exact) mass is 497 g/mol. The highest BCUT2D eigenvalue weighted by molar-refractivity contribution is 6.42. The number of rotatable bonds is 2. The largest absolute Gasteiger partial charge is 0.341 e. The van der Waals surface area contributed by atoms with Gasteiger partial charge in [0.15, 0.2) is 24.0 Å². The average Bonchev–Trinajstić information content (AvgIpc) is 3.34. The lowest BCUT2D eigenvalue weighted by Gasteiger charge is -2.36. The maximum atomic E-state index is 13.4. The maximum absolute atomic E-state index is 13.4. The normalized spacial score (nSPS) is 36.5. The first-order chi connectivity index (χ1) is 16.0. The number of anilines is 1. The lowest BCUT2D eigenvalue weighted by molar-refractivity contribution is -0.246. The second kappa shape index (κ2) is 8.63. The van der Waals surface area contributed by atoms with E-state index in [-0.39, 0.29) is 5.91 Å². The molecule has 5 atom stereocenters. The van der Waals surface area contributed by atoms with Gasteiger partial charge in [-0.3, -0.25) is 4.79 Å². The molecule has 2 aliphatic carbocycles. The molecule has 1 aromatic carbocycles. The molecule has 5 aliphatic rings. The molecule has 3 heterocycles. The summed E-state index contributed by atoms with van der Waals surface area (Å²) in [4.78, 5) is 13.4. The third-order valence-electron chi connectivity index (χ3n) is 7.55. The summed E-state index contributed by atoms with van der Waals surface area (Å²) in [6.07, 6.45) is 6.81. The predicted molar refractivity (Wildman–Crippen MR) is 121 cm³/mol. The number of carbonyl (C=O) groups is 1. The van der Waals surface area contributed by atoms with E-state index in [1.165, 1.54) is 6.42 Å². The minimum atomic E-state index is -0.894. The Morgan fingerprint density at radius 3 is 2.06 bits per heavy atom. The van der Waals surface area contributed by atoms with Crippen LogP contribution in [0, 0.1) is 0 Å². The topological polar surface area (TPSA) is 75.3 Å². The molecule has 3 aliphatic heterocycles. The molecule has 7 nitrogen and oxygen atoms in total. The minimum Gasteiger partial charge on any atom is -0.341 e. The molecular weight excluding hydrogens is 469 g/mol. The molecule has 0 radical (unpaired) electrons. The molecule has 5 fully saturated rings. The number of carbonyl (C=O) groups excluding carboxylic acids is 1. The molecule has 0 bridgehead atoms. The van der Waals surface area contributed by atoms with Gasteiger partial charge in [-0.05, 0) is 43.9 Å². The lowest BCUT2D eigenvalue weighted by atomic mass is 9.94. The second-order valence-electron chi connectivity index (χ2n) is 9.85. The first-order valence-electron chi connectivity index (χ1n) is 12.1. The Kier molecular flexibility index (Phi) is 5.89. The Morgan fingerprint density at radius 2 is 1.39 bits per heavy atom. The Hall–Kier alpha value is -0.930. The first kappa shape index (κ1) is 22.5. The standard InChI is InChI=1S/C24H29Cl2NO6/c25-15-8-7-14(13-16(15)26)27-21(28)19-17-18(31-23(30-17)9-3-1-4-10-23)20-22(29-19)33-24(32-20)11-5-2-6-12-24/h7-8,13,17-20,22H,1-6,9-12H2,(H,27,28). The van der Waals surface area contributed by atoms with Crippen LogP contribution in [-0.4, -0.2) is 48.2 Å². The molecule has 3 saturated heterocycles. The maximum Gasteiger partial charge on any atom is 0.256 e. The van der Waals surface area contributed by atoms with Gasteiger partial charge in [-0.15, -0.1) is 0 Å². The van der Waals surface area contributed by atoms with Crippen molar-refractivity contribution in [3.05, 3.63) is 28.2 Å². The smallest absolute Gasteiger partial charge is 0.256 e. The van der Waals surface area contributed by atoms with E-state index in [1.807, 2.05) is 0 Å². The van der Waals surface area contributed by atoms with Gasteiger partial charge < -0.3 is 29.0 Å². The van der Waals surface area contributed by atoms with Gasteiger partial charge in [0, 0.05) is 31.4 Å². The van der Waals surface area contributed by atoms with Gasteiger partial charge in [-0.2, -0.15) is 0 Å². The number of halogens is 2. The summed E-state index contributed by atoms with van der Waals surface area (Å²) < 4.78 is 32.2. The Balaban J connectivity index is 1.27. The van der Waals surface area contributed by atoms with Crippen molar-refractivity contribution in [3.8, 4) is 0 Å². The van der Waals surface area contributed by atoms with Crippen LogP contribution in [0.2, 0.25) is 10.0 Å². The SMILES string of the molecule is O=C(Nc1ccc(Cl)c(Cl)c1)C1OC2OC3(CCCCC3)OC2C2OC3(CCCCC3)OC12. The summed E-state index contributed by atoms with van der Waals surface area (Å²) in [5.41, 5.74) is 0.537. The molecule has 9 heteroatoms. The molecule has 1 N–H and O–H groups in total. The van der Waals surface area contributed by atoms with E-state index in [4.69, 9.17) is 46.9 Å². The number of benzene rings is 1. The van der Waals surface area contributed by atoms with E-state index in [1.54, 1.807) is 18.2 Å². The van der Waals surface area contributed by atoms with E-state index in [0.717, 1.165) is 57.8 Å². The molecule has 33 heavy (non-hydrogen) atoms. The molecule has 2 saturated carbocycles. The van der Waals surface area contributed by atoms with Crippen LogP contribution in [0.5, 0.6) is 0 Å². The van der Waals surface area contributed by atoms with Crippen LogP contribution >= 0.6 is 23.2 Å². The summed E-state index contributed by atoms with van der Waals surface area (Å²) in [5.74, 6) is -1.66. The van der Waals surface area contributed by atoms with Crippen molar-refractivity contribution in [2.45, 2.75) is 106 Å². The summed E-state index contributed by atoms with van der Waals surface area (Å²) >= 11 is 12.1. The van der Waals surface area contributed by atoms with Crippen LogP contribution in [0.3, 0.4) is 0 Å². The number of fused-ring (bicyclic) bond motifs is 3. The number of ether oxygens (including phenoxy) is 5. The Bertz CT molecular complexity index is 916. The molecule has 1 amide bonds. The number of hydrogen-bond donors (Lipinski definition) is 1. The summed E-state index contributed by atoms with van der Waals surface area (Å²) in [6, 6.07) is 4.97. The van der Waals surface area contributed by atoms with Crippen LogP contribution in [-0.2, 0) is 28.5 Å². The molecule has 2 spiro atoms. The van der Waals surface area contributed by atoms with Gasteiger partial charge in [0.25, 0.3) is 5.91 Å². The highest BCUT2D eigenvalue weighted by Crippen LogP contribution is 2.51. The molecule has 1 aromatic rings. The summed E-state index contributed by atoms with van der Waals surface area (Å²) in [5, 5.41) is 3.69. The Morgan fingerprint density at radius 1 is 0.788 bits per heavy atom. The van der Waals surface area contributed by atoms with Crippen molar-refractivity contribution in [1.29, 1.82) is 0 Å². The van der Waals surface area contributed by atoms with E-state index in [9.17, 15) is 4.79 Å². The highest BCUT2D eigenvalue weighted by Gasteiger charge is 2.65. The van der Waals surface area contributed by atoms with Crippen molar-refractivity contribution in [3.63, 3.8) is 0 Å². The van der Waals surface area contributed by atoms with E-state index in [2.05, 4.69) is 5.32 Å². The van der Waals surface area contributed by atoms with E-state index >= 15 is 0 Å². The van der Waals surface area contributed by atoms with Crippen LogP contribution in [0.1, 0.15) is 64.2 Å². The van der Waals surface area contributed by atoms with Crippen LogP contribution < -0.4 is 5.32 Å². The number of hydrogen-bond acceptors (Lipinski definition) is 6. The molecule has 180 valence electrons. The molecule has 5 unspecified atom stereocenters. The van der Waals surface area contributed by atoms with Gasteiger partial charge in [0.05, 0.1) is 10.0 Å². The quantitative estimate of drug-likeness (QED) is 0.606. The average molecular weight is 498 g/mol. The third-order valence-corrected chi connectivity index (χ3v) is 8.29. The minimum absolute atomic E-state index is 0.327. The van der Waals surface area contributed by atoms with Crippen LogP contribution in [0.15, 0.2) is 18.2 Å². The van der Waals surface area contributed by atoms with Gasteiger partial charge in [-0.1, -0.05) is 36.0 Å². The van der Waals surface area contributed by atoms with Gasteiger partial charge in [0.1, 0.15) is 18.3 Å². The zero-order valence-electron chi connectivity index (χ0n) is 18.4. The fraction of sp³-hybridized carbons (Fsp3) is 0.708. The fourth-order valence-corrected chi connectivity index (χ4v) is 6.25. The third kappa shape index (κ3) is 4.10. The van der Waals surface area contributed by atoms with Crippen molar-refractivity contribution in [2.24, 2.45) is 0 Å². The molecular formula is C24H29Cl2NO6. The number of nitrogens with one attached hydrogen (secondary N) is 1. The van der Waals surface area contributed by atoms with Crippen LogP contribution in [0.4, 0.5) is 5.69 Å². The number of amides is 1. The molecule has 0 aromatic heterocycles. The fourth-order valence-electron chi connectivity index (χ4n) is 5.96. The second-order valence-corrected chi connectivity index (χ2v) is 10.7. The van der Waals surface area contributed by atoms with Gasteiger partial charge in [-0.25, -0.2) is 0 Å². The Labute approximate surface area is 203 Å². The van der Waals surface area contributed by atoms with E-state index in [0.29, 0.717) is 15.7 Å². The molecule has 6 rings (SSSR count). The van der Waals surface area contributed by atoms with Gasteiger partial charge >= 0.3 is 0 Å². The zero-order chi connectivity index (χ0) is 22.6. The van der Waals surface area contributed by atoms with Crippen molar-refractivity contribution >= 4 is 34.8 Å². The highest BCUT2D eigenvalue weighted by atomic mass is 35.5. The van der Waals surface area contributed by atoms with Crippen molar-refractivity contribution in [1.82, 2.24) is 0 Å². The first-order valence-corrected chi connectivity index (χ1v) is 12.8. The van der Waals surface area contributed by atoms with E-state index < -0.39 is 42.3 Å². The summed E-state index contributed by atoms with van der Waals surface area (Å²) in [6.45, 7) is 0. The van der Waals surface area contributed by atoms with Crippen molar-refractivity contribution in [2.75, 3.05) is 5.32 Å². The predicted octanol–water partition coefficient (Wildman–Crippen LogP) is 5.18. The van der Waals surface area contributed by atoms with Crippen molar-refractivity contribution < 1.29 is 28.5 Å². The van der Waals surface area contributed by atoms with Crippen LogP contribution in [0.25, 0.3) is 0 Å². The van der Waals surface area contributed by atoms with Gasteiger partial charge in [0.2, 0.25) is 0 Å². The zero-order valence-corrected chi connectivity index (χ0v) is 19.9.